The normalized spacial score (nSPS) is 17.0. The molecule has 0 aliphatic heterocycles. The van der Waals surface area contributed by atoms with Crippen LogP contribution in [0.3, 0.4) is 0 Å². The molecule has 0 spiro atoms. The van der Waals surface area contributed by atoms with E-state index in [1.165, 1.54) is 29.9 Å². The van der Waals surface area contributed by atoms with Gasteiger partial charge in [-0.1, -0.05) is 13.3 Å². The second kappa shape index (κ2) is 4.96. The van der Waals surface area contributed by atoms with Crippen LogP contribution in [0.2, 0.25) is 0 Å². The Balaban J connectivity index is 1.99. The molecule has 0 unspecified atom stereocenters. The first-order valence-electron chi connectivity index (χ1n) is 6.51. The Morgan fingerprint density at radius 1 is 1.50 bits per heavy atom. The van der Waals surface area contributed by atoms with Crippen molar-refractivity contribution >= 4 is 5.91 Å². The van der Waals surface area contributed by atoms with Gasteiger partial charge in [0.1, 0.15) is 0 Å². The Hall–Kier alpha value is -1.58. The number of nitrogens with zero attached hydrogens (tertiary/aromatic N) is 1. The lowest BCUT2D eigenvalue weighted by Crippen LogP contribution is -2.41. The van der Waals surface area contributed by atoms with Gasteiger partial charge in [0.05, 0.1) is 0 Å². The molecule has 1 amide bonds. The lowest BCUT2D eigenvalue weighted by atomic mass is 9.67. The second-order valence-corrected chi connectivity index (χ2v) is 5.25. The predicted octanol–water partition coefficient (Wildman–Crippen LogP) is 1.70. The first-order valence-corrected chi connectivity index (χ1v) is 6.51. The van der Waals surface area contributed by atoms with E-state index in [0.29, 0.717) is 11.0 Å². The molecule has 0 radical (unpaired) electrons. The van der Waals surface area contributed by atoms with Gasteiger partial charge in [0, 0.05) is 31.4 Å². The molecule has 1 fully saturated rings. The fourth-order valence-electron chi connectivity index (χ4n) is 2.39. The van der Waals surface area contributed by atoms with E-state index in [0.717, 1.165) is 13.0 Å². The highest BCUT2D eigenvalue weighted by Crippen LogP contribution is 2.43. The van der Waals surface area contributed by atoms with Crippen LogP contribution in [0.25, 0.3) is 0 Å². The Morgan fingerprint density at radius 3 is 2.72 bits per heavy atom. The maximum Gasteiger partial charge on any atom is 0.251 e. The number of aryl methyl sites for hydroxylation is 1. The van der Waals surface area contributed by atoms with Gasteiger partial charge in [-0.3, -0.25) is 9.59 Å². The molecule has 1 saturated carbocycles. The van der Waals surface area contributed by atoms with Gasteiger partial charge in [-0.25, -0.2) is 0 Å². The third kappa shape index (κ3) is 2.47. The molecule has 1 aliphatic carbocycles. The smallest absolute Gasteiger partial charge is 0.251 e. The van der Waals surface area contributed by atoms with Crippen LogP contribution in [0.1, 0.15) is 43.0 Å². The minimum atomic E-state index is -0.156. The third-order valence-corrected chi connectivity index (χ3v) is 4.15. The van der Waals surface area contributed by atoms with Crippen LogP contribution >= 0.6 is 0 Å². The number of carbonyl (C=O) groups excluding carboxylic acids is 1. The number of pyridine rings is 1. The van der Waals surface area contributed by atoms with E-state index in [1.807, 2.05) is 0 Å². The highest BCUT2D eigenvalue weighted by molar-refractivity contribution is 5.93. The van der Waals surface area contributed by atoms with Gasteiger partial charge in [0.25, 0.3) is 11.5 Å². The van der Waals surface area contributed by atoms with Gasteiger partial charge in [0.2, 0.25) is 0 Å². The van der Waals surface area contributed by atoms with Crippen molar-refractivity contribution in [3.63, 3.8) is 0 Å². The molecule has 4 heteroatoms. The molecule has 0 aromatic carbocycles. The summed E-state index contributed by atoms with van der Waals surface area (Å²) >= 11 is 0. The van der Waals surface area contributed by atoms with E-state index >= 15 is 0 Å². The summed E-state index contributed by atoms with van der Waals surface area (Å²) in [5.41, 5.74) is 0.593. The highest BCUT2D eigenvalue weighted by atomic mass is 16.2. The van der Waals surface area contributed by atoms with Gasteiger partial charge in [-0.2, -0.15) is 0 Å². The summed E-state index contributed by atoms with van der Waals surface area (Å²) in [6.07, 6.45) is 6.37. The van der Waals surface area contributed by atoms with Crippen LogP contribution in [0.15, 0.2) is 23.1 Å². The lowest BCUT2D eigenvalue weighted by molar-refractivity contribution is 0.0850. The summed E-state index contributed by atoms with van der Waals surface area (Å²) in [5.74, 6) is -0.146. The summed E-state index contributed by atoms with van der Waals surface area (Å²) in [6.45, 7) is 2.89. The Kier molecular flexibility index (Phi) is 3.55. The minimum absolute atomic E-state index is 0.146. The maximum atomic E-state index is 12.0. The molecule has 98 valence electrons. The quantitative estimate of drug-likeness (QED) is 0.881. The van der Waals surface area contributed by atoms with Crippen LogP contribution in [-0.4, -0.2) is 17.0 Å². The van der Waals surface area contributed by atoms with E-state index in [1.54, 1.807) is 19.3 Å². The molecule has 1 heterocycles. The monoisotopic (exact) mass is 248 g/mol. The molecule has 0 atom stereocenters. The zero-order valence-electron chi connectivity index (χ0n) is 11.0. The molecule has 1 N–H and O–H groups in total. The van der Waals surface area contributed by atoms with Crippen molar-refractivity contribution < 1.29 is 4.79 Å². The van der Waals surface area contributed by atoms with Crippen molar-refractivity contribution in [3.05, 3.63) is 34.2 Å². The predicted molar refractivity (Wildman–Crippen MR) is 70.6 cm³/mol. The Bertz CT molecular complexity index is 495. The minimum Gasteiger partial charge on any atom is -0.351 e. The molecule has 1 aromatic heterocycles. The van der Waals surface area contributed by atoms with Crippen LogP contribution in [-0.2, 0) is 7.05 Å². The number of hydrogen-bond donors (Lipinski definition) is 1. The third-order valence-electron chi connectivity index (χ3n) is 4.15. The summed E-state index contributed by atoms with van der Waals surface area (Å²) in [5, 5.41) is 2.95. The molecular weight excluding hydrogens is 228 g/mol. The molecule has 18 heavy (non-hydrogen) atoms. The van der Waals surface area contributed by atoms with Crippen LogP contribution in [0.4, 0.5) is 0 Å². The van der Waals surface area contributed by atoms with E-state index in [9.17, 15) is 9.59 Å². The second-order valence-electron chi connectivity index (χ2n) is 5.25. The fraction of sp³-hybridized carbons (Fsp3) is 0.571. The molecule has 1 aromatic rings. The number of rotatable bonds is 4. The Labute approximate surface area is 107 Å². The van der Waals surface area contributed by atoms with Gasteiger partial charge in [0.15, 0.2) is 0 Å². The van der Waals surface area contributed by atoms with Crippen molar-refractivity contribution in [1.82, 2.24) is 9.88 Å². The van der Waals surface area contributed by atoms with Crippen molar-refractivity contribution in [3.8, 4) is 0 Å². The zero-order valence-corrected chi connectivity index (χ0v) is 11.0. The van der Waals surface area contributed by atoms with E-state index in [4.69, 9.17) is 0 Å². The van der Waals surface area contributed by atoms with Gasteiger partial charge in [-0.05, 0) is 30.7 Å². The summed E-state index contributed by atoms with van der Waals surface area (Å²) in [6, 6.07) is 3.06. The van der Waals surface area contributed by atoms with E-state index in [-0.39, 0.29) is 11.5 Å². The molecular formula is C14H20N2O2. The average molecular weight is 248 g/mol. The molecule has 0 bridgehead atoms. The zero-order chi connectivity index (χ0) is 13.2. The highest BCUT2D eigenvalue weighted by Gasteiger charge is 2.35. The van der Waals surface area contributed by atoms with Gasteiger partial charge in [-0.15, -0.1) is 0 Å². The van der Waals surface area contributed by atoms with Crippen LogP contribution in [0, 0.1) is 5.41 Å². The van der Waals surface area contributed by atoms with Crippen molar-refractivity contribution in [2.24, 2.45) is 12.5 Å². The topological polar surface area (TPSA) is 51.1 Å². The van der Waals surface area contributed by atoms with Crippen molar-refractivity contribution in [1.29, 1.82) is 0 Å². The van der Waals surface area contributed by atoms with E-state index < -0.39 is 0 Å². The first kappa shape index (κ1) is 12.9. The number of aromatic nitrogens is 1. The van der Waals surface area contributed by atoms with Crippen LogP contribution in [0.5, 0.6) is 0 Å². The Morgan fingerprint density at radius 2 is 2.22 bits per heavy atom. The number of amides is 1. The maximum absolute atomic E-state index is 12.0. The summed E-state index contributed by atoms with van der Waals surface area (Å²) < 4.78 is 1.45. The average Bonchev–Trinajstić information content (AvgIpc) is 2.31. The standard InChI is InChI=1S/C14H20N2O2/c1-3-14(6-4-7-14)10-15-13(18)11-5-8-16(2)12(17)9-11/h5,8-9H,3-4,6-7,10H2,1-2H3,(H,15,18). The summed E-state index contributed by atoms with van der Waals surface area (Å²) in [4.78, 5) is 23.4. The molecule has 0 saturated heterocycles. The van der Waals surface area contributed by atoms with Crippen LogP contribution < -0.4 is 10.9 Å². The van der Waals surface area contributed by atoms with Crippen molar-refractivity contribution in [2.75, 3.05) is 6.54 Å². The van der Waals surface area contributed by atoms with Gasteiger partial charge < -0.3 is 9.88 Å². The van der Waals surface area contributed by atoms with Crippen molar-refractivity contribution in [2.45, 2.75) is 32.6 Å². The summed E-state index contributed by atoms with van der Waals surface area (Å²) in [7, 11) is 1.67. The number of carbonyl (C=O) groups is 1. The van der Waals surface area contributed by atoms with Gasteiger partial charge >= 0.3 is 0 Å². The lowest BCUT2D eigenvalue weighted by Gasteiger charge is -2.41. The molecule has 4 nitrogen and oxygen atoms in total. The largest absolute Gasteiger partial charge is 0.351 e. The molecule has 1 aliphatic rings. The van der Waals surface area contributed by atoms with E-state index in [2.05, 4.69) is 12.2 Å². The molecule has 2 rings (SSSR count). The first-order chi connectivity index (χ1) is 8.56. The SMILES string of the molecule is CCC1(CNC(=O)c2ccn(C)c(=O)c2)CCC1. The fourth-order valence-corrected chi connectivity index (χ4v) is 2.39. The number of hydrogen-bond acceptors (Lipinski definition) is 2. The number of nitrogens with one attached hydrogen (secondary N) is 1.